The Morgan fingerprint density at radius 3 is 2.58 bits per heavy atom. The number of H-pyrrole nitrogens is 1. The zero-order chi connectivity index (χ0) is 14.0. The zero-order valence-corrected chi connectivity index (χ0v) is 10.2. The Morgan fingerprint density at radius 1 is 1.26 bits per heavy atom. The van der Waals surface area contributed by atoms with Gasteiger partial charge in [0.05, 0.1) is 4.90 Å². The first-order valence-electron chi connectivity index (χ1n) is 5.01. The highest BCUT2D eigenvalue weighted by molar-refractivity contribution is 7.92. The summed E-state index contributed by atoms with van der Waals surface area (Å²) in [5.74, 6) is -0.864. The Labute approximate surface area is 107 Å². The van der Waals surface area contributed by atoms with Gasteiger partial charge in [0.1, 0.15) is 5.82 Å². The summed E-state index contributed by atoms with van der Waals surface area (Å²) < 4.78 is 39.1. The molecule has 0 unspecified atom stereocenters. The van der Waals surface area contributed by atoms with Crippen LogP contribution in [-0.4, -0.2) is 18.6 Å². The lowest BCUT2D eigenvalue weighted by Gasteiger charge is -2.07. The summed E-state index contributed by atoms with van der Waals surface area (Å²) in [6.45, 7) is 0. The lowest BCUT2D eigenvalue weighted by Crippen LogP contribution is -2.16. The lowest BCUT2D eigenvalue weighted by molar-refractivity contribution is 0.595. The molecule has 100 valence electrons. The van der Waals surface area contributed by atoms with Crippen molar-refractivity contribution in [2.45, 2.75) is 4.90 Å². The van der Waals surface area contributed by atoms with Crippen molar-refractivity contribution < 1.29 is 12.8 Å². The number of rotatable bonds is 3. The van der Waals surface area contributed by atoms with E-state index in [1.54, 1.807) is 0 Å². The van der Waals surface area contributed by atoms with E-state index < -0.39 is 21.4 Å². The van der Waals surface area contributed by atoms with Crippen LogP contribution in [0, 0.1) is 5.82 Å². The fraction of sp³-hybridized carbons (Fsp3) is 0. The molecule has 2 rings (SSSR count). The Balaban J connectivity index is 2.37. The number of sulfonamides is 1. The minimum absolute atomic E-state index is 0.0187. The molecule has 0 aliphatic rings. The third-order valence-electron chi connectivity index (χ3n) is 2.12. The molecule has 0 bridgehead atoms. The number of aromatic amines is 1. The molecule has 0 aliphatic carbocycles. The van der Waals surface area contributed by atoms with Gasteiger partial charge in [-0.15, -0.1) is 0 Å². The first-order chi connectivity index (χ1) is 8.87. The van der Waals surface area contributed by atoms with E-state index in [2.05, 4.69) is 14.9 Å². The Hall–Kier alpha value is -2.42. The molecule has 9 heteroatoms. The Bertz CT molecular complexity index is 732. The van der Waals surface area contributed by atoms with Gasteiger partial charge in [0.15, 0.2) is 5.82 Å². The average molecular weight is 284 g/mol. The Morgan fingerprint density at radius 2 is 2.00 bits per heavy atom. The van der Waals surface area contributed by atoms with Gasteiger partial charge in [-0.25, -0.2) is 17.9 Å². The molecule has 0 saturated carbocycles. The molecule has 1 heterocycles. The first kappa shape index (κ1) is 13.0. The molecular weight excluding hydrogens is 275 g/mol. The van der Waals surface area contributed by atoms with Crippen LogP contribution in [0.25, 0.3) is 0 Å². The number of anilines is 2. The molecule has 0 saturated heterocycles. The van der Waals surface area contributed by atoms with Gasteiger partial charge < -0.3 is 5.73 Å². The molecule has 0 fully saturated rings. The molecule has 0 amide bonds. The van der Waals surface area contributed by atoms with Gasteiger partial charge in [-0.2, -0.15) is 5.10 Å². The van der Waals surface area contributed by atoms with Crippen LogP contribution in [0.15, 0.2) is 40.0 Å². The highest BCUT2D eigenvalue weighted by Crippen LogP contribution is 2.18. The van der Waals surface area contributed by atoms with E-state index in [0.29, 0.717) is 0 Å². The summed E-state index contributed by atoms with van der Waals surface area (Å²) in [6.07, 6.45) is 0. The SMILES string of the molecule is Nc1cc(F)cc(S(=O)(=O)Nc2ccc(=O)[nH]n2)c1. The van der Waals surface area contributed by atoms with Crippen LogP contribution in [0.5, 0.6) is 0 Å². The first-order valence-corrected chi connectivity index (χ1v) is 6.50. The molecule has 4 N–H and O–H groups in total. The number of benzene rings is 1. The smallest absolute Gasteiger partial charge is 0.264 e. The van der Waals surface area contributed by atoms with Crippen LogP contribution in [0.1, 0.15) is 0 Å². The predicted molar refractivity (Wildman–Crippen MR) is 66.5 cm³/mol. The number of nitrogens with zero attached hydrogens (tertiary/aromatic N) is 1. The molecule has 19 heavy (non-hydrogen) atoms. The number of halogens is 1. The Kier molecular flexibility index (Phi) is 3.21. The number of hydrogen-bond donors (Lipinski definition) is 3. The van der Waals surface area contributed by atoms with E-state index in [1.807, 2.05) is 0 Å². The summed E-state index contributed by atoms with van der Waals surface area (Å²) in [4.78, 5) is 10.4. The van der Waals surface area contributed by atoms with Gasteiger partial charge in [0.25, 0.3) is 15.6 Å². The average Bonchev–Trinajstić information content (AvgIpc) is 2.31. The molecule has 1 aromatic carbocycles. The van der Waals surface area contributed by atoms with Crippen LogP contribution in [0.3, 0.4) is 0 Å². The van der Waals surface area contributed by atoms with E-state index >= 15 is 0 Å². The quantitative estimate of drug-likeness (QED) is 0.700. The third kappa shape index (κ3) is 3.07. The number of hydrogen-bond acceptors (Lipinski definition) is 5. The molecule has 2 aromatic rings. The normalized spacial score (nSPS) is 11.2. The van der Waals surface area contributed by atoms with Gasteiger partial charge in [-0.1, -0.05) is 0 Å². The minimum atomic E-state index is -4.03. The topological polar surface area (TPSA) is 118 Å². The predicted octanol–water partition coefficient (Wildman–Crippen LogP) is 0.292. The van der Waals surface area contributed by atoms with E-state index in [4.69, 9.17) is 5.73 Å². The van der Waals surface area contributed by atoms with Crippen LogP contribution in [0.2, 0.25) is 0 Å². The van der Waals surface area contributed by atoms with Gasteiger partial charge >= 0.3 is 0 Å². The molecule has 7 nitrogen and oxygen atoms in total. The van der Waals surface area contributed by atoms with Gasteiger partial charge in [-0.3, -0.25) is 9.52 Å². The van der Waals surface area contributed by atoms with Crippen molar-refractivity contribution in [3.63, 3.8) is 0 Å². The fourth-order valence-electron chi connectivity index (χ4n) is 1.34. The van der Waals surface area contributed by atoms with Crippen molar-refractivity contribution in [1.29, 1.82) is 0 Å². The van der Waals surface area contributed by atoms with E-state index in [0.717, 1.165) is 24.3 Å². The maximum Gasteiger partial charge on any atom is 0.264 e. The highest BCUT2D eigenvalue weighted by Gasteiger charge is 2.16. The number of nitrogens with two attached hydrogens (primary N) is 1. The molecule has 0 atom stereocenters. The van der Waals surface area contributed by atoms with Crippen molar-refractivity contribution in [3.8, 4) is 0 Å². The van der Waals surface area contributed by atoms with Crippen molar-refractivity contribution in [3.05, 3.63) is 46.5 Å². The van der Waals surface area contributed by atoms with Gasteiger partial charge in [-0.05, 0) is 24.3 Å². The fourth-order valence-corrected chi connectivity index (χ4v) is 2.40. The summed E-state index contributed by atoms with van der Waals surface area (Å²) in [7, 11) is -4.03. The second-order valence-electron chi connectivity index (χ2n) is 3.63. The maximum absolute atomic E-state index is 13.1. The standard InChI is InChI=1S/C10H9FN4O3S/c11-6-3-7(12)5-8(4-6)19(17,18)15-9-1-2-10(16)14-13-9/h1-5H,12H2,(H,13,15)(H,14,16). The van der Waals surface area contributed by atoms with E-state index in [9.17, 15) is 17.6 Å². The second-order valence-corrected chi connectivity index (χ2v) is 5.31. The number of nitrogens with one attached hydrogen (secondary N) is 2. The summed E-state index contributed by atoms with van der Waals surface area (Å²) in [5.41, 5.74) is 4.88. The maximum atomic E-state index is 13.1. The van der Waals surface area contributed by atoms with Crippen LogP contribution in [0.4, 0.5) is 15.9 Å². The van der Waals surface area contributed by atoms with E-state index in [1.165, 1.54) is 6.07 Å². The molecular formula is C10H9FN4O3S. The third-order valence-corrected chi connectivity index (χ3v) is 3.46. The van der Waals surface area contributed by atoms with Crippen LogP contribution >= 0.6 is 0 Å². The van der Waals surface area contributed by atoms with Gasteiger partial charge in [0, 0.05) is 11.8 Å². The second kappa shape index (κ2) is 4.69. The van der Waals surface area contributed by atoms with Gasteiger partial charge in [0.2, 0.25) is 0 Å². The lowest BCUT2D eigenvalue weighted by atomic mass is 10.3. The van der Waals surface area contributed by atoms with Crippen LogP contribution < -0.4 is 16.0 Å². The van der Waals surface area contributed by atoms with Crippen molar-refractivity contribution in [2.75, 3.05) is 10.5 Å². The number of aromatic nitrogens is 2. The van der Waals surface area contributed by atoms with E-state index in [-0.39, 0.29) is 16.4 Å². The van der Waals surface area contributed by atoms with Crippen LogP contribution in [-0.2, 0) is 10.0 Å². The number of nitrogen functional groups attached to an aromatic ring is 1. The summed E-state index contributed by atoms with van der Waals surface area (Å²) in [5, 5.41) is 5.55. The zero-order valence-electron chi connectivity index (χ0n) is 9.42. The largest absolute Gasteiger partial charge is 0.399 e. The molecule has 0 aliphatic heterocycles. The summed E-state index contributed by atoms with van der Waals surface area (Å²) >= 11 is 0. The highest BCUT2D eigenvalue weighted by atomic mass is 32.2. The van der Waals surface area contributed by atoms with Crippen molar-refractivity contribution in [1.82, 2.24) is 10.2 Å². The molecule has 1 aromatic heterocycles. The van der Waals surface area contributed by atoms with Crippen molar-refractivity contribution >= 4 is 21.5 Å². The monoisotopic (exact) mass is 284 g/mol. The molecule has 0 spiro atoms. The summed E-state index contributed by atoms with van der Waals surface area (Å²) in [6, 6.07) is 5.21. The van der Waals surface area contributed by atoms with Crippen molar-refractivity contribution in [2.24, 2.45) is 0 Å². The molecule has 0 radical (unpaired) electrons. The minimum Gasteiger partial charge on any atom is -0.399 e.